The summed E-state index contributed by atoms with van der Waals surface area (Å²) in [6, 6.07) is 2.10. The van der Waals surface area contributed by atoms with Gasteiger partial charge >= 0.3 is 0 Å². The molecule has 0 radical (unpaired) electrons. The van der Waals surface area contributed by atoms with Crippen molar-refractivity contribution in [2.24, 2.45) is 5.73 Å². The molecule has 0 aromatic carbocycles. The smallest absolute Gasteiger partial charge is 0.105 e. The molecule has 1 aromatic heterocycles. The van der Waals surface area contributed by atoms with Crippen molar-refractivity contribution in [2.45, 2.75) is 26.8 Å². The second kappa shape index (κ2) is 5.83. The van der Waals surface area contributed by atoms with Gasteiger partial charge in [-0.15, -0.1) is 0 Å². The van der Waals surface area contributed by atoms with Gasteiger partial charge in [-0.2, -0.15) is 0 Å². The quantitative estimate of drug-likeness (QED) is 0.752. The highest BCUT2D eigenvalue weighted by Gasteiger charge is 2.04. The summed E-state index contributed by atoms with van der Waals surface area (Å²) in [5.41, 5.74) is 6.70. The highest BCUT2D eigenvalue weighted by molar-refractivity contribution is 5.12. The van der Waals surface area contributed by atoms with E-state index in [1.807, 2.05) is 6.26 Å². The highest BCUT2D eigenvalue weighted by Crippen LogP contribution is 2.10. The molecule has 0 saturated carbocycles. The molecule has 14 heavy (non-hydrogen) atoms. The summed E-state index contributed by atoms with van der Waals surface area (Å²) < 4.78 is 5.39. The summed E-state index contributed by atoms with van der Waals surface area (Å²) in [7, 11) is 0. The number of nitrogens with two attached hydrogens (primary N) is 1. The number of hydrogen-bond donors (Lipinski definition) is 1. The van der Waals surface area contributed by atoms with Gasteiger partial charge in [-0.1, -0.05) is 13.8 Å². The lowest BCUT2D eigenvalue weighted by Gasteiger charge is -2.16. The molecule has 0 unspecified atom stereocenters. The molecule has 1 aromatic rings. The summed E-state index contributed by atoms with van der Waals surface area (Å²) in [4.78, 5) is 2.36. The van der Waals surface area contributed by atoms with E-state index in [9.17, 15) is 0 Å². The van der Waals surface area contributed by atoms with Crippen molar-refractivity contribution >= 4 is 0 Å². The van der Waals surface area contributed by atoms with Crippen molar-refractivity contribution in [1.29, 1.82) is 0 Å². The molecule has 1 rings (SSSR count). The van der Waals surface area contributed by atoms with Crippen LogP contribution in [0.3, 0.4) is 0 Å². The van der Waals surface area contributed by atoms with Crippen molar-refractivity contribution in [3.63, 3.8) is 0 Å². The van der Waals surface area contributed by atoms with Crippen LogP contribution in [0.15, 0.2) is 16.7 Å². The van der Waals surface area contributed by atoms with Gasteiger partial charge in [0.25, 0.3) is 0 Å². The maximum absolute atomic E-state index is 5.45. The number of nitrogens with zero attached hydrogens (tertiary/aromatic N) is 1. The summed E-state index contributed by atoms with van der Waals surface area (Å²) in [6.45, 7) is 8.12. The van der Waals surface area contributed by atoms with E-state index in [0.29, 0.717) is 6.54 Å². The fourth-order valence-corrected chi connectivity index (χ4v) is 1.49. The Labute approximate surface area is 85.9 Å². The van der Waals surface area contributed by atoms with Gasteiger partial charge in [-0.05, 0) is 25.7 Å². The number of furan rings is 1. The Morgan fingerprint density at radius 1 is 1.36 bits per heavy atom. The Morgan fingerprint density at radius 2 is 2.07 bits per heavy atom. The highest BCUT2D eigenvalue weighted by atomic mass is 16.3. The molecule has 0 atom stereocenters. The lowest BCUT2D eigenvalue weighted by molar-refractivity contribution is 0.295. The molecule has 80 valence electrons. The Bertz CT molecular complexity index is 254. The molecule has 0 aliphatic heterocycles. The zero-order valence-electron chi connectivity index (χ0n) is 9.12. The standard InChI is InChI=1S/C11H20N2O/c1-3-13(4-2)8-10-7-11(5-6-12)14-9-10/h7,9H,3-6,8,12H2,1-2H3. The van der Waals surface area contributed by atoms with Crippen molar-refractivity contribution in [3.05, 3.63) is 23.7 Å². The fraction of sp³-hybridized carbons (Fsp3) is 0.636. The van der Waals surface area contributed by atoms with Crippen LogP contribution < -0.4 is 5.73 Å². The first-order chi connectivity index (χ1) is 6.80. The maximum Gasteiger partial charge on any atom is 0.105 e. The van der Waals surface area contributed by atoms with E-state index in [-0.39, 0.29) is 0 Å². The molecule has 0 spiro atoms. The summed E-state index contributed by atoms with van der Waals surface area (Å²) in [5.74, 6) is 0.995. The van der Waals surface area contributed by atoms with E-state index in [1.54, 1.807) is 0 Å². The van der Waals surface area contributed by atoms with Gasteiger partial charge in [0.1, 0.15) is 5.76 Å². The Balaban J connectivity index is 2.49. The van der Waals surface area contributed by atoms with E-state index in [2.05, 4.69) is 24.8 Å². The molecular formula is C11H20N2O. The van der Waals surface area contributed by atoms with Crippen LogP contribution in [0.25, 0.3) is 0 Å². The zero-order valence-corrected chi connectivity index (χ0v) is 9.12. The van der Waals surface area contributed by atoms with Gasteiger partial charge in [0.2, 0.25) is 0 Å². The predicted molar refractivity (Wildman–Crippen MR) is 58.1 cm³/mol. The lowest BCUT2D eigenvalue weighted by Crippen LogP contribution is -2.21. The first-order valence-electron chi connectivity index (χ1n) is 5.28. The van der Waals surface area contributed by atoms with Crippen LogP contribution in [0, 0.1) is 0 Å². The van der Waals surface area contributed by atoms with Crippen LogP contribution >= 0.6 is 0 Å². The molecule has 2 N–H and O–H groups in total. The van der Waals surface area contributed by atoms with Crippen LogP contribution in [0.4, 0.5) is 0 Å². The average Bonchev–Trinajstić information content (AvgIpc) is 2.63. The van der Waals surface area contributed by atoms with Gasteiger partial charge in [-0.3, -0.25) is 4.90 Å². The van der Waals surface area contributed by atoms with Crippen LogP contribution in [0.2, 0.25) is 0 Å². The second-order valence-corrected chi connectivity index (χ2v) is 3.42. The minimum Gasteiger partial charge on any atom is -0.469 e. The molecule has 0 amide bonds. The monoisotopic (exact) mass is 196 g/mol. The van der Waals surface area contributed by atoms with E-state index in [4.69, 9.17) is 10.2 Å². The minimum atomic E-state index is 0.651. The van der Waals surface area contributed by atoms with Gasteiger partial charge < -0.3 is 10.2 Å². The van der Waals surface area contributed by atoms with E-state index in [0.717, 1.165) is 31.8 Å². The lowest BCUT2D eigenvalue weighted by atomic mass is 10.2. The van der Waals surface area contributed by atoms with Gasteiger partial charge in [0.15, 0.2) is 0 Å². The van der Waals surface area contributed by atoms with Gasteiger partial charge in [-0.25, -0.2) is 0 Å². The molecule has 0 aliphatic carbocycles. The van der Waals surface area contributed by atoms with Crippen LogP contribution in [0.1, 0.15) is 25.2 Å². The zero-order chi connectivity index (χ0) is 10.4. The average molecular weight is 196 g/mol. The van der Waals surface area contributed by atoms with E-state index >= 15 is 0 Å². The molecule has 3 nitrogen and oxygen atoms in total. The van der Waals surface area contributed by atoms with Crippen molar-refractivity contribution < 1.29 is 4.42 Å². The van der Waals surface area contributed by atoms with Crippen molar-refractivity contribution in [1.82, 2.24) is 4.90 Å². The van der Waals surface area contributed by atoms with Crippen LogP contribution in [0.5, 0.6) is 0 Å². The summed E-state index contributed by atoms with van der Waals surface area (Å²) in [6.07, 6.45) is 2.67. The van der Waals surface area contributed by atoms with E-state index in [1.165, 1.54) is 5.56 Å². The molecule has 0 bridgehead atoms. The summed E-state index contributed by atoms with van der Waals surface area (Å²) in [5, 5.41) is 0. The SMILES string of the molecule is CCN(CC)Cc1coc(CCN)c1. The molecular weight excluding hydrogens is 176 g/mol. The third kappa shape index (κ3) is 3.16. The molecule has 0 aliphatic rings. The molecule has 0 fully saturated rings. The Hall–Kier alpha value is -0.800. The Kier molecular flexibility index (Phi) is 4.70. The first-order valence-corrected chi connectivity index (χ1v) is 5.28. The molecule has 1 heterocycles. The molecule has 3 heteroatoms. The minimum absolute atomic E-state index is 0.651. The Morgan fingerprint density at radius 3 is 2.64 bits per heavy atom. The van der Waals surface area contributed by atoms with Crippen molar-refractivity contribution in [2.75, 3.05) is 19.6 Å². The van der Waals surface area contributed by atoms with Crippen molar-refractivity contribution in [3.8, 4) is 0 Å². The first kappa shape index (κ1) is 11.3. The number of hydrogen-bond acceptors (Lipinski definition) is 3. The van der Waals surface area contributed by atoms with E-state index < -0.39 is 0 Å². The van der Waals surface area contributed by atoms with Gasteiger partial charge in [0.05, 0.1) is 6.26 Å². The normalized spacial score (nSPS) is 11.1. The molecule has 0 saturated heterocycles. The fourth-order valence-electron chi connectivity index (χ4n) is 1.49. The van der Waals surface area contributed by atoms with Crippen LogP contribution in [-0.4, -0.2) is 24.5 Å². The largest absolute Gasteiger partial charge is 0.469 e. The summed E-state index contributed by atoms with van der Waals surface area (Å²) >= 11 is 0. The predicted octanol–water partition coefficient (Wildman–Crippen LogP) is 1.62. The van der Waals surface area contributed by atoms with Gasteiger partial charge in [0, 0.05) is 18.5 Å². The van der Waals surface area contributed by atoms with Crippen LogP contribution in [-0.2, 0) is 13.0 Å². The third-order valence-corrected chi connectivity index (χ3v) is 2.40. The maximum atomic E-state index is 5.45. The third-order valence-electron chi connectivity index (χ3n) is 2.40. The topological polar surface area (TPSA) is 42.4 Å². The number of rotatable bonds is 6. The second-order valence-electron chi connectivity index (χ2n) is 3.42.